The van der Waals surface area contributed by atoms with Crippen molar-refractivity contribution in [2.75, 3.05) is 0 Å². The van der Waals surface area contributed by atoms with Gasteiger partial charge in [-0.15, -0.1) is 0 Å². The molecule has 3 N–H and O–H groups in total. The molecule has 2 aromatic rings. The fraction of sp³-hybridized carbons (Fsp3) is 0.167. The molecule has 0 unspecified atom stereocenters. The van der Waals surface area contributed by atoms with Crippen molar-refractivity contribution in [3.05, 3.63) is 41.3 Å². The minimum absolute atomic E-state index is 0.203. The lowest BCUT2D eigenvalue weighted by atomic mass is 10.1. The molecule has 0 aliphatic rings. The van der Waals surface area contributed by atoms with Crippen LogP contribution in [0.5, 0.6) is 0 Å². The van der Waals surface area contributed by atoms with Crippen molar-refractivity contribution in [2.45, 2.75) is 13.8 Å². The zero-order valence-electron chi connectivity index (χ0n) is 9.24. The number of aromatic nitrogens is 2. The summed E-state index contributed by atoms with van der Waals surface area (Å²) in [5.74, 6) is -0.337. The molecule has 16 heavy (non-hydrogen) atoms. The Bertz CT molecular complexity index is 543. The van der Waals surface area contributed by atoms with E-state index in [0.717, 1.165) is 22.5 Å². The van der Waals surface area contributed by atoms with Crippen LogP contribution in [0.1, 0.15) is 21.9 Å². The summed E-state index contributed by atoms with van der Waals surface area (Å²) >= 11 is 0. The molecule has 0 saturated carbocycles. The molecule has 0 spiro atoms. The van der Waals surface area contributed by atoms with Gasteiger partial charge in [0.15, 0.2) is 5.82 Å². The van der Waals surface area contributed by atoms with E-state index in [0.29, 0.717) is 0 Å². The Labute approximate surface area is 93.5 Å². The van der Waals surface area contributed by atoms with Crippen molar-refractivity contribution in [3.8, 4) is 11.3 Å². The van der Waals surface area contributed by atoms with Gasteiger partial charge in [0.1, 0.15) is 0 Å². The predicted octanol–water partition coefficient (Wildman–Crippen LogP) is 1.79. The van der Waals surface area contributed by atoms with Gasteiger partial charge in [0.25, 0.3) is 5.91 Å². The molecular formula is C12H13N3O. The van der Waals surface area contributed by atoms with Crippen molar-refractivity contribution in [1.82, 2.24) is 9.97 Å². The Kier molecular flexibility index (Phi) is 2.48. The molecule has 1 heterocycles. The molecule has 2 rings (SSSR count). The molecule has 82 valence electrons. The number of nitrogens with zero attached hydrogens (tertiary/aromatic N) is 1. The van der Waals surface area contributed by atoms with Crippen molar-refractivity contribution in [2.24, 2.45) is 5.73 Å². The van der Waals surface area contributed by atoms with Crippen LogP contribution in [-0.2, 0) is 0 Å². The Hall–Kier alpha value is -2.10. The SMILES string of the molecule is Cc1cccc(-c2nc(C(N)=O)[nH]c2C)c1. The monoisotopic (exact) mass is 215 g/mol. The van der Waals surface area contributed by atoms with E-state index in [4.69, 9.17) is 5.73 Å². The first-order valence-corrected chi connectivity index (χ1v) is 5.01. The number of hydrogen-bond donors (Lipinski definition) is 2. The van der Waals surface area contributed by atoms with E-state index in [2.05, 4.69) is 9.97 Å². The van der Waals surface area contributed by atoms with Crippen molar-refractivity contribution < 1.29 is 4.79 Å². The maximum Gasteiger partial charge on any atom is 0.284 e. The van der Waals surface area contributed by atoms with Crippen LogP contribution >= 0.6 is 0 Å². The molecule has 1 amide bonds. The first kappa shape index (κ1) is 10.4. The van der Waals surface area contributed by atoms with E-state index in [1.165, 1.54) is 0 Å². The van der Waals surface area contributed by atoms with Crippen molar-refractivity contribution >= 4 is 5.91 Å². The Morgan fingerprint density at radius 1 is 1.38 bits per heavy atom. The summed E-state index contributed by atoms with van der Waals surface area (Å²) in [5.41, 5.74) is 8.93. The number of aryl methyl sites for hydroxylation is 2. The maximum absolute atomic E-state index is 11.0. The normalized spacial score (nSPS) is 10.4. The number of carbonyl (C=O) groups is 1. The van der Waals surface area contributed by atoms with Crippen molar-refractivity contribution in [1.29, 1.82) is 0 Å². The summed E-state index contributed by atoms with van der Waals surface area (Å²) in [5, 5.41) is 0. The van der Waals surface area contributed by atoms with Gasteiger partial charge >= 0.3 is 0 Å². The van der Waals surface area contributed by atoms with E-state index in [-0.39, 0.29) is 5.82 Å². The Morgan fingerprint density at radius 2 is 2.12 bits per heavy atom. The Balaban J connectivity index is 2.52. The minimum Gasteiger partial charge on any atom is -0.363 e. The molecule has 0 saturated heterocycles. The van der Waals surface area contributed by atoms with Crippen LogP contribution < -0.4 is 5.73 Å². The fourth-order valence-electron chi connectivity index (χ4n) is 1.65. The van der Waals surface area contributed by atoms with E-state index in [1.807, 2.05) is 38.1 Å². The zero-order valence-corrected chi connectivity index (χ0v) is 9.24. The molecule has 0 fully saturated rings. The molecule has 4 heteroatoms. The smallest absolute Gasteiger partial charge is 0.284 e. The first-order chi connectivity index (χ1) is 7.58. The summed E-state index contributed by atoms with van der Waals surface area (Å²) in [7, 11) is 0. The number of aromatic amines is 1. The van der Waals surface area contributed by atoms with Gasteiger partial charge in [0.05, 0.1) is 5.69 Å². The van der Waals surface area contributed by atoms with Gasteiger partial charge in [-0.05, 0) is 19.9 Å². The fourth-order valence-corrected chi connectivity index (χ4v) is 1.65. The van der Waals surface area contributed by atoms with E-state index >= 15 is 0 Å². The quantitative estimate of drug-likeness (QED) is 0.801. The summed E-state index contributed by atoms with van der Waals surface area (Å²) in [6.45, 7) is 3.89. The minimum atomic E-state index is -0.540. The molecular weight excluding hydrogens is 202 g/mol. The van der Waals surface area contributed by atoms with Gasteiger partial charge in [0.2, 0.25) is 0 Å². The molecule has 0 aliphatic carbocycles. The van der Waals surface area contributed by atoms with Gasteiger partial charge in [0, 0.05) is 11.3 Å². The lowest BCUT2D eigenvalue weighted by Crippen LogP contribution is -2.12. The van der Waals surface area contributed by atoms with Crippen LogP contribution in [0.25, 0.3) is 11.3 Å². The predicted molar refractivity (Wildman–Crippen MR) is 62.0 cm³/mol. The van der Waals surface area contributed by atoms with Crippen LogP contribution in [0, 0.1) is 13.8 Å². The number of hydrogen-bond acceptors (Lipinski definition) is 2. The second-order valence-corrected chi connectivity index (χ2v) is 3.79. The molecule has 0 radical (unpaired) electrons. The lowest BCUT2D eigenvalue weighted by molar-refractivity contribution is 0.0991. The van der Waals surface area contributed by atoms with E-state index in [9.17, 15) is 4.79 Å². The number of rotatable bonds is 2. The van der Waals surface area contributed by atoms with Gasteiger partial charge in [-0.1, -0.05) is 23.8 Å². The molecule has 0 bridgehead atoms. The Morgan fingerprint density at radius 3 is 2.69 bits per heavy atom. The standard InChI is InChI=1S/C12H13N3O/c1-7-4-3-5-9(6-7)10-8(2)14-12(15-10)11(13)16/h3-6H,1-2H3,(H2,13,16)(H,14,15). The molecule has 1 aromatic carbocycles. The first-order valence-electron chi connectivity index (χ1n) is 5.01. The second-order valence-electron chi connectivity index (χ2n) is 3.79. The highest BCUT2D eigenvalue weighted by Crippen LogP contribution is 2.21. The molecule has 0 aliphatic heterocycles. The van der Waals surface area contributed by atoms with E-state index < -0.39 is 5.91 Å². The third-order valence-electron chi connectivity index (χ3n) is 2.41. The highest BCUT2D eigenvalue weighted by Gasteiger charge is 2.11. The van der Waals surface area contributed by atoms with Gasteiger partial charge in [-0.25, -0.2) is 4.98 Å². The van der Waals surface area contributed by atoms with Crippen LogP contribution in [0.3, 0.4) is 0 Å². The van der Waals surface area contributed by atoms with Crippen LogP contribution in [-0.4, -0.2) is 15.9 Å². The zero-order chi connectivity index (χ0) is 11.7. The number of nitrogens with one attached hydrogen (secondary N) is 1. The van der Waals surface area contributed by atoms with Gasteiger partial charge < -0.3 is 10.7 Å². The van der Waals surface area contributed by atoms with Crippen LogP contribution in [0.2, 0.25) is 0 Å². The average Bonchev–Trinajstić information content (AvgIpc) is 2.60. The number of nitrogens with two attached hydrogens (primary N) is 1. The number of carbonyl (C=O) groups excluding carboxylic acids is 1. The number of imidazole rings is 1. The molecule has 4 nitrogen and oxygen atoms in total. The van der Waals surface area contributed by atoms with Crippen LogP contribution in [0.15, 0.2) is 24.3 Å². The third-order valence-corrected chi connectivity index (χ3v) is 2.41. The summed E-state index contributed by atoms with van der Waals surface area (Å²) in [4.78, 5) is 18.1. The second kappa shape index (κ2) is 3.81. The number of H-pyrrole nitrogens is 1. The van der Waals surface area contributed by atoms with Crippen LogP contribution in [0.4, 0.5) is 0 Å². The maximum atomic E-state index is 11.0. The highest BCUT2D eigenvalue weighted by atomic mass is 16.1. The van der Waals surface area contributed by atoms with Gasteiger partial charge in [-0.3, -0.25) is 4.79 Å². The summed E-state index contributed by atoms with van der Waals surface area (Å²) in [6.07, 6.45) is 0. The number of benzene rings is 1. The molecule has 0 atom stereocenters. The topological polar surface area (TPSA) is 71.8 Å². The average molecular weight is 215 g/mol. The number of amides is 1. The van der Waals surface area contributed by atoms with Gasteiger partial charge in [-0.2, -0.15) is 0 Å². The lowest BCUT2D eigenvalue weighted by Gasteiger charge is -1.99. The summed E-state index contributed by atoms with van der Waals surface area (Å²) in [6, 6.07) is 7.96. The highest BCUT2D eigenvalue weighted by molar-refractivity contribution is 5.90. The third kappa shape index (κ3) is 1.82. The molecule has 1 aromatic heterocycles. The summed E-state index contributed by atoms with van der Waals surface area (Å²) < 4.78 is 0. The largest absolute Gasteiger partial charge is 0.363 e. The number of primary amides is 1. The van der Waals surface area contributed by atoms with E-state index in [1.54, 1.807) is 0 Å². The van der Waals surface area contributed by atoms with Crippen molar-refractivity contribution in [3.63, 3.8) is 0 Å².